The molecule has 0 aliphatic carbocycles. The van der Waals surface area contributed by atoms with E-state index in [2.05, 4.69) is 44.0 Å². The van der Waals surface area contributed by atoms with Crippen molar-refractivity contribution in [2.75, 3.05) is 20.1 Å². The first-order valence-electron chi connectivity index (χ1n) is 7.35. The van der Waals surface area contributed by atoms with Crippen LogP contribution in [0.3, 0.4) is 0 Å². The highest BCUT2D eigenvalue weighted by atomic mass is 16.3. The Morgan fingerprint density at radius 2 is 2.16 bits per heavy atom. The molecule has 0 saturated carbocycles. The van der Waals surface area contributed by atoms with Crippen molar-refractivity contribution in [1.82, 2.24) is 10.2 Å². The van der Waals surface area contributed by atoms with E-state index in [9.17, 15) is 0 Å². The molecule has 108 valence electrons. The monoisotopic (exact) mass is 264 g/mol. The van der Waals surface area contributed by atoms with E-state index in [1.165, 1.54) is 25.1 Å². The maximum atomic E-state index is 5.93. The van der Waals surface area contributed by atoms with Gasteiger partial charge in [0.25, 0.3) is 0 Å². The van der Waals surface area contributed by atoms with Gasteiger partial charge < -0.3 is 9.73 Å². The highest BCUT2D eigenvalue weighted by Crippen LogP contribution is 2.34. The summed E-state index contributed by atoms with van der Waals surface area (Å²) in [7, 11) is 1.95. The topological polar surface area (TPSA) is 28.4 Å². The molecule has 0 radical (unpaired) electrons. The van der Waals surface area contributed by atoms with E-state index < -0.39 is 0 Å². The molecule has 3 nitrogen and oxygen atoms in total. The third-order valence-electron chi connectivity index (χ3n) is 4.29. The highest BCUT2D eigenvalue weighted by Gasteiger charge is 2.31. The number of likely N-dealkylation sites (tertiary alicyclic amines) is 1. The molecule has 3 heteroatoms. The third-order valence-corrected chi connectivity index (χ3v) is 4.29. The number of furan rings is 1. The van der Waals surface area contributed by atoms with E-state index in [1.54, 1.807) is 0 Å². The smallest absolute Gasteiger partial charge is 0.120 e. The molecule has 1 saturated heterocycles. The Kier molecular flexibility index (Phi) is 4.36. The first-order chi connectivity index (χ1) is 8.90. The van der Waals surface area contributed by atoms with Crippen molar-refractivity contribution in [1.29, 1.82) is 0 Å². The minimum atomic E-state index is 0.422. The van der Waals surface area contributed by atoms with Crippen LogP contribution in [0.1, 0.15) is 44.3 Å². The molecule has 1 aliphatic rings. The van der Waals surface area contributed by atoms with Crippen molar-refractivity contribution >= 4 is 0 Å². The molecular weight excluding hydrogens is 236 g/mol. The van der Waals surface area contributed by atoms with Gasteiger partial charge in [-0.15, -0.1) is 0 Å². The second-order valence-electron chi connectivity index (χ2n) is 6.94. The summed E-state index contributed by atoms with van der Waals surface area (Å²) in [6.07, 6.45) is 1.31. The van der Waals surface area contributed by atoms with E-state index in [0.29, 0.717) is 5.41 Å². The zero-order chi connectivity index (χ0) is 14.0. The molecule has 2 rings (SSSR count). The van der Waals surface area contributed by atoms with Crippen LogP contribution in [-0.2, 0) is 13.1 Å². The molecule has 1 N–H and O–H groups in total. The van der Waals surface area contributed by atoms with Gasteiger partial charge in [0.05, 0.1) is 13.1 Å². The minimum absolute atomic E-state index is 0.422. The molecule has 1 atom stereocenters. The van der Waals surface area contributed by atoms with E-state index in [4.69, 9.17) is 4.42 Å². The fourth-order valence-electron chi connectivity index (χ4n) is 2.91. The van der Waals surface area contributed by atoms with Crippen molar-refractivity contribution in [3.8, 4) is 0 Å². The number of nitrogens with zero attached hydrogens (tertiary/aromatic N) is 1. The Balaban J connectivity index is 1.94. The van der Waals surface area contributed by atoms with Crippen LogP contribution in [0.4, 0.5) is 0 Å². The van der Waals surface area contributed by atoms with Gasteiger partial charge >= 0.3 is 0 Å². The van der Waals surface area contributed by atoms with Crippen molar-refractivity contribution in [3.05, 3.63) is 23.2 Å². The summed E-state index contributed by atoms with van der Waals surface area (Å²) in [5.41, 5.74) is 1.68. The largest absolute Gasteiger partial charge is 0.463 e. The number of hydrogen-bond donors (Lipinski definition) is 1. The van der Waals surface area contributed by atoms with E-state index in [1.807, 2.05) is 7.05 Å². The third kappa shape index (κ3) is 3.61. The van der Waals surface area contributed by atoms with E-state index in [-0.39, 0.29) is 0 Å². The van der Waals surface area contributed by atoms with Gasteiger partial charge in [-0.2, -0.15) is 0 Å². The molecule has 1 aliphatic heterocycles. The molecule has 0 bridgehead atoms. The Bertz CT molecular complexity index is 417. The Morgan fingerprint density at radius 1 is 1.42 bits per heavy atom. The van der Waals surface area contributed by atoms with Gasteiger partial charge in [0.2, 0.25) is 0 Å². The predicted octanol–water partition coefficient (Wildman–Crippen LogP) is 3.18. The molecule has 2 heterocycles. The first-order valence-corrected chi connectivity index (χ1v) is 7.35. The van der Waals surface area contributed by atoms with Crippen LogP contribution in [0.25, 0.3) is 0 Å². The maximum absolute atomic E-state index is 5.93. The van der Waals surface area contributed by atoms with Crippen molar-refractivity contribution in [2.24, 2.45) is 11.3 Å². The van der Waals surface area contributed by atoms with Gasteiger partial charge in [-0.1, -0.05) is 20.8 Å². The molecule has 1 aromatic heterocycles. The number of aryl methyl sites for hydroxylation is 1. The average Bonchev–Trinajstić information content (AvgIpc) is 2.87. The minimum Gasteiger partial charge on any atom is -0.463 e. The summed E-state index contributed by atoms with van der Waals surface area (Å²) in [4.78, 5) is 2.53. The van der Waals surface area contributed by atoms with E-state index >= 15 is 0 Å². The predicted molar refractivity (Wildman–Crippen MR) is 79.0 cm³/mol. The van der Waals surface area contributed by atoms with Crippen molar-refractivity contribution < 1.29 is 4.42 Å². The number of nitrogens with one attached hydrogen (secondary N) is 1. The molecule has 1 fully saturated rings. The summed E-state index contributed by atoms with van der Waals surface area (Å²) in [5, 5.41) is 3.15. The lowest BCUT2D eigenvalue weighted by atomic mass is 9.80. The Labute approximate surface area is 117 Å². The molecule has 0 aromatic carbocycles. The zero-order valence-electron chi connectivity index (χ0n) is 13.0. The van der Waals surface area contributed by atoms with E-state index in [0.717, 1.165) is 30.5 Å². The fourth-order valence-corrected chi connectivity index (χ4v) is 2.91. The summed E-state index contributed by atoms with van der Waals surface area (Å²) >= 11 is 0. The lowest BCUT2D eigenvalue weighted by Gasteiger charge is -2.26. The quantitative estimate of drug-likeness (QED) is 0.905. The van der Waals surface area contributed by atoms with Crippen LogP contribution in [-0.4, -0.2) is 25.0 Å². The van der Waals surface area contributed by atoms with Crippen LogP contribution in [0.5, 0.6) is 0 Å². The number of hydrogen-bond acceptors (Lipinski definition) is 3. The lowest BCUT2D eigenvalue weighted by molar-refractivity contribution is 0.218. The molecule has 19 heavy (non-hydrogen) atoms. The molecule has 1 unspecified atom stereocenters. The standard InChI is InChI=1S/C16H28N2O/c1-12-8-14(19-15(12)9-17-5)11-18-7-6-13(10-18)16(2,3)4/h8,13,17H,6-7,9-11H2,1-5H3. The van der Waals surface area contributed by atoms with Crippen molar-refractivity contribution in [2.45, 2.75) is 47.2 Å². The van der Waals surface area contributed by atoms with Crippen LogP contribution in [0.2, 0.25) is 0 Å². The normalized spacial score (nSPS) is 21.2. The van der Waals surface area contributed by atoms with Gasteiger partial charge in [-0.05, 0) is 49.9 Å². The van der Waals surface area contributed by atoms with Crippen LogP contribution < -0.4 is 5.32 Å². The second kappa shape index (κ2) is 5.68. The van der Waals surface area contributed by atoms with Crippen molar-refractivity contribution in [3.63, 3.8) is 0 Å². The van der Waals surface area contributed by atoms with Crippen LogP contribution in [0.15, 0.2) is 10.5 Å². The zero-order valence-corrected chi connectivity index (χ0v) is 13.0. The maximum Gasteiger partial charge on any atom is 0.120 e. The van der Waals surface area contributed by atoms with Gasteiger partial charge in [-0.25, -0.2) is 0 Å². The Hall–Kier alpha value is -0.800. The fraction of sp³-hybridized carbons (Fsp3) is 0.750. The van der Waals surface area contributed by atoms with Crippen LogP contribution in [0, 0.1) is 18.3 Å². The molecule has 0 spiro atoms. The lowest BCUT2D eigenvalue weighted by Crippen LogP contribution is -2.25. The number of rotatable bonds is 4. The first kappa shape index (κ1) is 14.6. The summed E-state index contributed by atoms with van der Waals surface area (Å²) in [6.45, 7) is 13.3. The highest BCUT2D eigenvalue weighted by molar-refractivity contribution is 5.20. The van der Waals surface area contributed by atoms with Gasteiger partial charge in [0.1, 0.15) is 11.5 Å². The summed E-state index contributed by atoms with van der Waals surface area (Å²) < 4.78 is 5.93. The average molecular weight is 264 g/mol. The summed E-state index contributed by atoms with van der Waals surface area (Å²) in [5.74, 6) is 2.99. The molecule has 0 amide bonds. The van der Waals surface area contributed by atoms with Gasteiger partial charge in [-0.3, -0.25) is 4.90 Å². The Morgan fingerprint density at radius 3 is 2.74 bits per heavy atom. The van der Waals surface area contributed by atoms with Crippen LogP contribution >= 0.6 is 0 Å². The summed E-state index contributed by atoms with van der Waals surface area (Å²) in [6, 6.07) is 2.19. The molecule has 1 aromatic rings. The second-order valence-corrected chi connectivity index (χ2v) is 6.94. The SMILES string of the molecule is CNCc1oc(CN2CCC(C(C)(C)C)C2)cc1C. The van der Waals surface area contributed by atoms with Gasteiger partial charge in [0.15, 0.2) is 0 Å². The van der Waals surface area contributed by atoms with Gasteiger partial charge in [0, 0.05) is 6.54 Å². The molecular formula is C16H28N2O.